The third kappa shape index (κ3) is 4.11. The third-order valence-corrected chi connectivity index (χ3v) is 6.19. The Morgan fingerprint density at radius 3 is 2.52 bits per heavy atom. The van der Waals surface area contributed by atoms with Gasteiger partial charge in [-0.05, 0) is 37.9 Å². The maximum Gasteiger partial charge on any atom is 0.242 e. The summed E-state index contributed by atoms with van der Waals surface area (Å²) in [4.78, 5) is 0.0943. The average molecular weight is 351 g/mol. The molecule has 1 aliphatic rings. The van der Waals surface area contributed by atoms with Crippen molar-refractivity contribution in [2.24, 2.45) is 5.92 Å². The first-order chi connectivity index (χ1) is 9.95. The number of hydrogen-bond donors (Lipinski definition) is 2. The smallest absolute Gasteiger partial charge is 0.242 e. The van der Waals surface area contributed by atoms with Crippen LogP contribution in [-0.2, 0) is 16.6 Å². The number of rotatable bonds is 6. The van der Waals surface area contributed by atoms with E-state index in [4.69, 9.17) is 23.2 Å². The molecule has 0 atom stereocenters. The summed E-state index contributed by atoms with van der Waals surface area (Å²) in [5, 5.41) is 3.59. The SMILES string of the molecule is CNCc1c(Cl)ccc(S(=O)(=O)NCC2CCCC2)c1Cl. The molecule has 118 valence electrons. The molecule has 1 fully saturated rings. The van der Waals surface area contributed by atoms with Crippen LogP contribution < -0.4 is 10.0 Å². The lowest BCUT2D eigenvalue weighted by Gasteiger charge is -2.14. The van der Waals surface area contributed by atoms with Gasteiger partial charge in [-0.2, -0.15) is 0 Å². The molecule has 1 aromatic rings. The van der Waals surface area contributed by atoms with Gasteiger partial charge in [-0.25, -0.2) is 13.1 Å². The Hall–Kier alpha value is -0.330. The molecule has 0 heterocycles. The van der Waals surface area contributed by atoms with Gasteiger partial charge in [0.1, 0.15) is 4.90 Å². The van der Waals surface area contributed by atoms with Gasteiger partial charge in [0.15, 0.2) is 0 Å². The van der Waals surface area contributed by atoms with Crippen molar-refractivity contribution in [2.45, 2.75) is 37.1 Å². The normalized spacial score (nSPS) is 16.5. The Labute approximate surface area is 136 Å². The molecule has 1 aromatic carbocycles. The van der Waals surface area contributed by atoms with Crippen molar-refractivity contribution in [3.8, 4) is 0 Å². The van der Waals surface area contributed by atoms with E-state index in [9.17, 15) is 8.42 Å². The molecule has 2 N–H and O–H groups in total. The van der Waals surface area contributed by atoms with Crippen LogP contribution in [0.3, 0.4) is 0 Å². The number of hydrogen-bond acceptors (Lipinski definition) is 3. The fourth-order valence-electron chi connectivity index (χ4n) is 2.64. The minimum absolute atomic E-state index is 0.0943. The lowest BCUT2D eigenvalue weighted by atomic mass is 10.1. The largest absolute Gasteiger partial charge is 0.316 e. The Morgan fingerprint density at radius 2 is 1.90 bits per heavy atom. The first kappa shape index (κ1) is 17.0. The molecule has 0 amide bonds. The second-order valence-corrected chi connectivity index (χ2v) is 7.89. The highest BCUT2D eigenvalue weighted by molar-refractivity contribution is 7.89. The molecule has 2 rings (SSSR count). The summed E-state index contributed by atoms with van der Waals surface area (Å²) >= 11 is 12.3. The highest BCUT2D eigenvalue weighted by Crippen LogP contribution is 2.31. The van der Waals surface area contributed by atoms with Gasteiger partial charge >= 0.3 is 0 Å². The summed E-state index contributed by atoms with van der Waals surface area (Å²) < 4.78 is 27.5. The quantitative estimate of drug-likeness (QED) is 0.828. The van der Waals surface area contributed by atoms with Gasteiger partial charge in [-0.1, -0.05) is 36.0 Å². The Bertz CT molecular complexity index is 599. The van der Waals surface area contributed by atoms with E-state index in [0.717, 1.165) is 12.8 Å². The van der Waals surface area contributed by atoms with Crippen LogP contribution in [-0.4, -0.2) is 22.0 Å². The average Bonchev–Trinajstić information content (AvgIpc) is 2.94. The van der Waals surface area contributed by atoms with Gasteiger partial charge in [0.05, 0.1) is 5.02 Å². The van der Waals surface area contributed by atoms with Crippen LogP contribution in [0.15, 0.2) is 17.0 Å². The highest BCUT2D eigenvalue weighted by atomic mass is 35.5. The Kier molecular flexibility index (Phi) is 5.91. The summed E-state index contributed by atoms with van der Waals surface area (Å²) in [6.45, 7) is 0.895. The van der Waals surface area contributed by atoms with Crippen molar-refractivity contribution in [1.82, 2.24) is 10.0 Å². The second kappa shape index (κ2) is 7.29. The number of sulfonamides is 1. The van der Waals surface area contributed by atoms with Crippen LogP contribution in [0, 0.1) is 5.92 Å². The molecular formula is C14H20Cl2N2O2S. The fraction of sp³-hybridized carbons (Fsp3) is 0.571. The predicted molar refractivity (Wildman–Crippen MR) is 86.4 cm³/mol. The Balaban J connectivity index is 2.20. The minimum atomic E-state index is -3.60. The zero-order valence-electron chi connectivity index (χ0n) is 12.0. The highest BCUT2D eigenvalue weighted by Gasteiger charge is 2.23. The first-order valence-electron chi connectivity index (χ1n) is 7.07. The summed E-state index contributed by atoms with van der Waals surface area (Å²) in [7, 11) is -1.85. The van der Waals surface area contributed by atoms with Gasteiger partial charge < -0.3 is 5.32 Å². The van der Waals surface area contributed by atoms with Crippen molar-refractivity contribution in [3.05, 3.63) is 27.7 Å². The van der Waals surface area contributed by atoms with Crippen LogP contribution in [0.1, 0.15) is 31.2 Å². The van der Waals surface area contributed by atoms with Gasteiger partial charge in [0.2, 0.25) is 10.0 Å². The van der Waals surface area contributed by atoms with E-state index in [1.807, 2.05) is 0 Å². The number of nitrogens with one attached hydrogen (secondary N) is 2. The Morgan fingerprint density at radius 1 is 1.24 bits per heavy atom. The summed E-state index contributed by atoms with van der Waals surface area (Å²) in [6.07, 6.45) is 4.53. The molecule has 1 aliphatic carbocycles. The second-order valence-electron chi connectivity index (χ2n) is 5.37. The molecule has 0 unspecified atom stereocenters. The number of halogens is 2. The fourth-order valence-corrected chi connectivity index (χ4v) is 4.67. The molecule has 0 radical (unpaired) electrons. The third-order valence-electron chi connectivity index (χ3n) is 3.83. The van der Waals surface area contributed by atoms with Crippen LogP contribution in [0.25, 0.3) is 0 Å². The number of benzene rings is 1. The van der Waals surface area contributed by atoms with Gasteiger partial charge in [-0.15, -0.1) is 0 Å². The molecule has 0 spiro atoms. The zero-order chi connectivity index (χ0) is 15.5. The molecule has 0 saturated heterocycles. The van der Waals surface area contributed by atoms with Crippen molar-refractivity contribution >= 4 is 33.2 Å². The topological polar surface area (TPSA) is 58.2 Å². The maximum atomic E-state index is 12.4. The van der Waals surface area contributed by atoms with Gasteiger partial charge in [-0.3, -0.25) is 0 Å². The van der Waals surface area contributed by atoms with Crippen LogP contribution in [0.4, 0.5) is 0 Å². The lowest BCUT2D eigenvalue weighted by molar-refractivity contribution is 0.519. The minimum Gasteiger partial charge on any atom is -0.316 e. The molecule has 21 heavy (non-hydrogen) atoms. The standard InChI is InChI=1S/C14H20Cl2N2O2S/c1-17-9-11-12(15)6-7-13(14(11)16)21(19,20)18-8-10-4-2-3-5-10/h6-7,10,17-18H,2-5,8-9H2,1H3. The summed E-state index contributed by atoms with van der Waals surface area (Å²) in [5.74, 6) is 0.433. The van der Waals surface area contributed by atoms with Crippen molar-refractivity contribution < 1.29 is 8.42 Å². The van der Waals surface area contributed by atoms with E-state index in [2.05, 4.69) is 10.0 Å². The van der Waals surface area contributed by atoms with Gasteiger partial charge in [0, 0.05) is 23.7 Å². The molecule has 4 nitrogen and oxygen atoms in total. The van der Waals surface area contributed by atoms with Crippen molar-refractivity contribution in [3.63, 3.8) is 0 Å². The molecule has 1 saturated carbocycles. The molecule has 7 heteroatoms. The van der Waals surface area contributed by atoms with E-state index < -0.39 is 10.0 Å². The van der Waals surface area contributed by atoms with Crippen LogP contribution >= 0.6 is 23.2 Å². The summed E-state index contributed by atoms with van der Waals surface area (Å²) in [6, 6.07) is 3.03. The first-order valence-corrected chi connectivity index (χ1v) is 9.30. The van der Waals surface area contributed by atoms with Gasteiger partial charge in [0.25, 0.3) is 0 Å². The van der Waals surface area contributed by atoms with Crippen molar-refractivity contribution in [1.29, 1.82) is 0 Å². The molecule has 0 aromatic heterocycles. The monoisotopic (exact) mass is 350 g/mol. The molecule has 0 aliphatic heterocycles. The van der Waals surface area contributed by atoms with E-state index in [1.165, 1.54) is 18.9 Å². The predicted octanol–water partition coefficient (Wildman–Crippen LogP) is 3.18. The zero-order valence-corrected chi connectivity index (χ0v) is 14.3. The maximum absolute atomic E-state index is 12.4. The van der Waals surface area contributed by atoms with Crippen molar-refractivity contribution in [2.75, 3.05) is 13.6 Å². The van der Waals surface area contributed by atoms with E-state index >= 15 is 0 Å². The molecular weight excluding hydrogens is 331 g/mol. The lowest BCUT2D eigenvalue weighted by Crippen LogP contribution is -2.29. The van der Waals surface area contributed by atoms with E-state index in [-0.39, 0.29) is 9.92 Å². The molecule has 0 bridgehead atoms. The van der Waals surface area contributed by atoms with E-state index in [0.29, 0.717) is 29.6 Å². The summed E-state index contributed by atoms with van der Waals surface area (Å²) in [5.41, 5.74) is 0.601. The van der Waals surface area contributed by atoms with E-state index in [1.54, 1.807) is 13.1 Å². The van der Waals surface area contributed by atoms with Crippen LogP contribution in [0.2, 0.25) is 10.0 Å². The van der Waals surface area contributed by atoms with Crippen LogP contribution in [0.5, 0.6) is 0 Å².